The molecular weight excluding hydrogens is 438 g/mol. The lowest BCUT2D eigenvalue weighted by Crippen LogP contribution is -2.17. The summed E-state index contributed by atoms with van der Waals surface area (Å²) in [5.74, 6) is -3.02. The van der Waals surface area contributed by atoms with Crippen LogP contribution < -0.4 is 10.1 Å². The molecular formula is C20H15ClF2N2O4S. The standard InChI is InChI=1S/C20H15ClF2N2O4S/c1-28-20(27)14-7-17(16(23)8-15(14)22)25-18(26)6-12-10-30-19(24-12)9-29-13-4-2-11(21)3-5-13/h2-5,7-8,10H,6,9H2,1H3,(H,25,26). The van der Waals surface area contributed by atoms with Crippen molar-refractivity contribution < 1.29 is 27.8 Å². The molecule has 0 radical (unpaired) electrons. The lowest BCUT2D eigenvalue weighted by Gasteiger charge is -2.08. The number of halogens is 3. The van der Waals surface area contributed by atoms with Crippen molar-refractivity contribution in [2.45, 2.75) is 13.0 Å². The maximum Gasteiger partial charge on any atom is 0.340 e. The van der Waals surface area contributed by atoms with Gasteiger partial charge in [0.15, 0.2) is 0 Å². The first-order valence-corrected chi connectivity index (χ1v) is 9.80. The smallest absolute Gasteiger partial charge is 0.340 e. The summed E-state index contributed by atoms with van der Waals surface area (Å²) >= 11 is 7.13. The number of ether oxygens (including phenoxy) is 2. The van der Waals surface area contributed by atoms with Crippen molar-refractivity contribution in [1.82, 2.24) is 4.98 Å². The molecule has 3 aromatic rings. The zero-order chi connectivity index (χ0) is 21.7. The Bertz CT molecular complexity index is 1070. The molecule has 0 aliphatic rings. The topological polar surface area (TPSA) is 77.5 Å². The fourth-order valence-electron chi connectivity index (χ4n) is 2.44. The average Bonchev–Trinajstić information content (AvgIpc) is 3.16. The first kappa shape index (κ1) is 21.7. The first-order chi connectivity index (χ1) is 14.4. The zero-order valence-corrected chi connectivity index (χ0v) is 17.2. The molecule has 30 heavy (non-hydrogen) atoms. The fourth-order valence-corrected chi connectivity index (χ4v) is 3.27. The quantitative estimate of drug-likeness (QED) is 0.529. The highest BCUT2D eigenvalue weighted by Crippen LogP contribution is 2.21. The van der Waals surface area contributed by atoms with Gasteiger partial charge in [-0.25, -0.2) is 18.6 Å². The van der Waals surface area contributed by atoms with Crippen LogP contribution >= 0.6 is 22.9 Å². The van der Waals surface area contributed by atoms with Crippen LogP contribution in [0.4, 0.5) is 14.5 Å². The summed E-state index contributed by atoms with van der Waals surface area (Å²) in [7, 11) is 1.07. The van der Waals surface area contributed by atoms with Crippen molar-refractivity contribution >= 4 is 40.5 Å². The number of carbonyl (C=O) groups excluding carboxylic acids is 2. The molecule has 0 aliphatic carbocycles. The van der Waals surface area contributed by atoms with Crippen molar-refractivity contribution in [3.63, 3.8) is 0 Å². The normalized spacial score (nSPS) is 10.5. The van der Waals surface area contributed by atoms with Gasteiger partial charge in [-0.3, -0.25) is 4.79 Å². The summed E-state index contributed by atoms with van der Waals surface area (Å²) in [6.07, 6.45) is -0.137. The maximum absolute atomic E-state index is 13.9. The van der Waals surface area contributed by atoms with Gasteiger partial charge in [0.2, 0.25) is 5.91 Å². The Morgan fingerprint density at radius 3 is 2.60 bits per heavy atom. The SMILES string of the molecule is COC(=O)c1cc(NC(=O)Cc2csc(COc3ccc(Cl)cc3)n2)c(F)cc1F. The summed E-state index contributed by atoms with van der Waals surface area (Å²) in [5.41, 5.74) is -0.351. The number of esters is 1. The number of hydrogen-bond acceptors (Lipinski definition) is 6. The third-order valence-corrected chi connectivity index (χ3v) is 4.98. The Kier molecular flexibility index (Phi) is 6.96. The van der Waals surface area contributed by atoms with E-state index in [1.165, 1.54) is 11.3 Å². The van der Waals surface area contributed by atoms with Crippen molar-refractivity contribution in [2.75, 3.05) is 12.4 Å². The van der Waals surface area contributed by atoms with Crippen LogP contribution in [-0.2, 0) is 22.6 Å². The van der Waals surface area contributed by atoms with Crippen LogP contribution in [0, 0.1) is 11.6 Å². The predicted octanol–water partition coefficient (Wildman–Crippen LogP) is 4.62. The van der Waals surface area contributed by atoms with Crippen LogP contribution in [0.1, 0.15) is 21.1 Å². The predicted molar refractivity (Wildman–Crippen MR) is 108 cm³/mol. The summed E-state index contributed by atoms with van der Waals surface area (Å²) in [4.78, 5) is 28.1. The van der Waals surface area contributed by atoms with Crippen molar-refractivity contribution in [3.8, 4) is 5.75 Å². The number of carbonyl (C=O) groups is 2. The van der Waals surface area contributed by atoms with Crippen LogP contribution in [0.25, 0.3) is 0 Å². The number of thiazole rings is 1. The molecule has 1 N–H and O–H groups in total. The molecule has 0 fully saturated rings. The van der Waals surface area contributed by atoms with Gasteiger partial charge < -0.3 is 14.8 Å². The van der Waals surface area contributed by atoms with E-state index in [0.29, 0.717) is 27.5 Å². The lowest BCUT2D eigenvalue weighted by molar-refractivity contribution is -0.115. The van der Waals surface area contributed by atoms with Crippen LogP contribution in [0.3, 0.4) is 0 Å². The molecule has 0 saturated heterocycles. The number of benzene rings is 2. The maximum atomic E-state index is 13.9. The number of amides is 1. The molecule has 1 aromatic heterocycles. The molecule has 0 bridgehead atoms. The molecule has 0 spiro atoms. The molecule has 156 valence electrons. The second kappa shape index (κ2) is 9.64. The van der Waals surface area contributed by atoms with Gasteiger partial charge in [0.05, 0.1) is 30.5 Å². The number of nitrogens with zero attached hydrogens (tertiary/aromatic N) is 1. The van der Waals surface area contributed by atoms with E-state index in [0.717, 1.165) is 13.2 Å². The summed E-state index contributed by atoms with van der Waals surface area (Å²) < 4.78 is 37.7. The number of nitrogens with one attached hydrogen (secondary N) is 1. The Morgan fingerprint density at radius 2 is 1.90 bits per heavy atom. The van der Waals surface area contributed by atoms with Gasteiger partial charge in [0.1, 0.15) is 29.0 Å². The Morgan fingerprint density at radius 1 is 1.17 bits per heavy atom. The molecule has 2 aromatic carbocycles. The van der Waals surface area contributed by atoms with Gasteiger partial charge in [-0.1, -0.05) is 11.6 Å². The van der Waals surface area contributed by atoms with Crippen LogP contribution in [0.15, 0.2) is 41.8 Å². The van der Waals surface area contributed by atoms with Crippen LogP contribution in [0.2, 0.25) is 5.02 Å². The van der Waals surface area contributed by atoms with E-state index in [4.69, 9.17) is 16.3 Å². The van der Waals surface area contributed by atoms with E-state index in [2.05, 4.69) is 15.0 Å². The molecule has 1 amide bonds. The van der Waals surface area contributed by atoms with Gasteiger partial charge in [-0.2, -0.15) is 0 Å². The molecule has 1 heterocycles. The van der Waals surface area contributed by atoms with Gasteiger partial charge in [-0.05, 0) is 30.3 Å². The minimum absolute atomic E-state index is 0.137. The number of anilines is 1. The Balaban J connectivity index is 1.60. The Hall–Kier alpha value is -3.04. The number of methoxy groups -OCH3 is 1. The van der Waals surface area contributed by atoms with Crippen molar-refractivity contribution in [2.24, 2.45) is 0 Å². The molecule has 10 heteroatoms. The van der Waals surface area contributed by atoms with E-state index in [1.54, 1.807) is 29.6 Å². The summed E-state index contributed by atoms with van der Waals surface area (Å²) in [6.45, 7) is 0.211. The lowest BCUT2D eigenvalue weighted by atomic mass is 10.1. The minimum atomic E-state index is -1.08. The molecule has 0 aliphatic heterocycles. The fraction of sp³-hybridized carbons (Fsp3) is 0.150. The van der Waals surface area contributed by atoms with E-state index < -0.39 is 29.1 Å². The highest BCUT2D eigenvalue weighted by Gasteiger charge is 2.18. The van der Waals surface area contributed by atoms with E-state index in [-0.39, 0.29) is 18.7 Å². The number of aromatic nitrogens is 1. The van der Waals surface area contributed by atoms with Crippen molar-refractivity contribution in [3.05, 3.63) is 74.7 Å². The molecule has 3 rings (SSSR count). The first-order valence-electron chi connectivity index (χ1n) is 8.54. The van der Waals surface area contributed by atoms with Gasteiger partial charge >= 0.3 is 5.97 Å². The van der Waals surface area contributed by atoms with Crippen molar-refractivity contribution in [1.29, 1.82) is 0 Å². The average molecular weight is 453 g/mol. The van der Waals surface area contributed by atoms with Gasteiger partial charge in [0.25, 0.3) is 0 Å². The molecule has 0 saturated carbocycles. The molecule has 0 unspecified atom stereocenters. The van der Waals surface area contributed by atoms with Gasteiger partial charge in [0, 0.05) is 16.5 Å². The second-order valence-electron chi connectivity index (χ2n) is 6.00. The summed E-state index contributed by atoms with van der Waals surface area (Å²) in [5, 5.41) is 5.24. The molecule has 6 nitrogen and oxygen atoms in total. The van der Waals surface area contributed by atoms with E-state index in [9.17, 15) is 18.4 Å². The highest BCUT2D eigenvalue weighted by molar-refractivity contribution is 7.09. The Labute approximate surface area is 179 Å². The third-order valence-electron chi connectivity index (χ3n) is 3.85. The second-order valence-corrected chi connectivity index (χ2v) is 7.38. The number of rotatable bonds is 7. The van der Waals surface area contributed by atoms with Crippen LogP contribution in [0.5, 0.6) is 5.75 Å². The summed E-state index contributed by atoms with van der Waals surface area (Å²) in [6, 6.07) is 8.26. The third kappa shape index (κ3) is 5.52. The highest BCUT2D eigenvalue weighted by atomic mass is 35.5. The molecule has 0 atom stereocenters. The van der Waals surface area contributed by atoms with Crippen LogP contribution in [-0.4, -0.2) is 24.0 Å². The van der Waals surface area contributed by atoms with Gasteiger partial charge in [-0.15, -0.1) is 11.3 Å². The van der Waals surface area contributed by atoms with E-state index in [1.807, 2.05) is 0 Å². The minimum Gasteiger partial charge on any atom is -0.486 e. The number of hydrogen-bond donors (Lipinski definition) is 1. The zero-order valence-electron chi connectivity index (χ0n) is 15.6. The largest absolute Gasteiger partial charge is 0.486 e. The monoisotopic (exact) mass is 452 g/mol. The van der Waals surface area contributed by atoms with E-state index >= 15 is 0 Å².